The van der Waals surface area contributed by atoms with Crippen molar-refractivity contribution in [3.63, 3.8) is 0 Å². The SMILES string of the molecule is C#Cc1ccc2c(c1)OP(=O)(O)Oc1cc(OCCCCCCCCCCCC)ccc1-2. The lowest BCUT2D eigenvalue weighted by Crippen LogP contribution is -1.99. The molecule has 3 rings (SSSR count). The molecule has 1 aliphatic heterocycles. The molecule has 6 heteroatoms. The van der Waals surface area contributed by atoms with Crippen LogP contribution in [-0.4, -0.2) is 11.5 Å². The van der Waals surface area contributed by atoms with Crippen molar-refractivity contribution < 1.29 is 23.2 Å². The number of phosphoric ester groups is 1. The van der Waals surface area contributed by atoms with Gasteiger partial charge in [0.2, 0.25) is 0 Å². The number of ether oxygens (including phenoxy) is 1. The molecule has 0 saturated carbocycles. The van der Waals surface area contributed by atoms with Gasteiger partial charge in [-0.15, -0.1) is 6.42 Å². The Bertz CT molecular complexity index is 979. The predicted molar refractivity (Wildman–Crippen MR) is 128 cm³/mol. The van der Waals surface area contributed by atoms with Gasteiger partial charge in [-0.1, -0.05) is 70.6 Å². The van der Waals surface area contributed by atoms with Gasteiger partial charge in [0.1, 0.15) is 17.2 Å². The van der Waals surface area contributed by atoms with Crippen LogP contribution in [-0.2, 0) is 4.57 Å². The first-order valence-corrected chi connectivity index (χ1v) is 13.1. The summed E-state index contributed by atoms with van der Waals surface area (Å²) < 4.78 is 28.8. The molecule has 0 fully saturated rings. The lowest BCUT2D eigenvalue weighted by atomic mass is 10.0. The Morgan fingerprint density at radius 1 is 0.875 bits per heavy atom. The third kappa shape index (κ3) is 7.05. The van der Waals surface area contributed by atoms with E-state index in [1.807, 2.05) is 12.1 Å². The molecule has 172 valence electrons. The van der Waals surface area contributed by atoms with Crippen LogP contribution >= 0.6 is 7.82 Å². The van der Waals surface area contributed by atoms with Gasteiger partial charge in [0.05, 0.1) is 6.61 Å². The molecule has 1 heterocycles. The predicted octanol–water partition coefficient (Wildman–Crippen LogP) is 7.51. The molecule has 2 aromatic carbocycles. The monoisotopic (exact) mass is 456 g/mol. The first-order chi connectivity index (χ1) is 15.5. The van der Waals surface area contributed by atoms with Gasteiger partial charge in [0.25, 0.3) is 0 Å². The molecule has 0 spiro atoms. The van der Waals surface area contributed by atoms with E-state index < -0.39 is 7.82 Å². The molecule has 32 heavy (non-hydrogen) atoms. The Balaban J connectivity index is 1.51. The van der Waals surface area contributed by atoms with Gasteiger partial charge < -0.3 is 13.8 Å². The van der Waals surface area contributed by atoms with Crippen LogP contribution in [0.15, 0.2) is 36.4 Å². The van der Waals surface area contributed by atoms with E-state index in [9.17, 15) is 9.46 Å². The zero-order valence-electron chi connectivity index (χ0n) is 18.8. The van der Waals surface area contributed by atoms with Crippen molar-refractivity contribution in [2.75, 3.05) is 6.61 Å². The summed E-state index contributed by atoms with van der Waals surface area (Å²) in [6.07, 6.45) is 18.1. The van der Waals surface area contributed by atoms with Crippen molar-refractivity contribution in [2.45, 2.75) is 71.1 Å². The van der Waals surface area contributed by atoms with E-state index in [-0.39, 0.29) is 11.5 Å². The Morgan fingerprint density at radius 2 is 1.44 bits per heavy atom. The minimum Gasteiger partial charge on any atom is -0.493 e. The topological polar surface area (TPSA) is 65.0 Å². The van der Waals surface area contributed by atoms with Crippen molar-refractivity contribution in [2.24, 2.45) is 0 Å². The molecule has 0 aromatic heterocycles. The highest BCUT2D eigenvalue weighted by molar-refractivity contribution is 7.48. The van der Waals surface area contributed by atoms with Crippen molar-refractivity contribution in [1.29, 1.82) is 0 Å². The zero-order chi connectivity index (χ0) is 22.8. The Labute approximate surface area is 191 Å². The Hall–Kier alpha value is -2.41. The molecule has 0 amide bonds. The lowest BCUT2D eigenvalue weighted by molar-refractivity contribution is 0.290. The maximum absolute atomic E-state index is 12.4. The van der Waals surface area contributed by atoms with Gasteiger partial charge in [-0.3, -0.25) is 4.89 Å². The van der Waals surface area contributed by atoms with E-state index in [1.165, 1.54) is 51.4 Å². The second-order valence-electron chi connectivity index (χ2n) is 8.19. The second-order valence-corrected chi connectivity index (χ2v) is 9.50. The number of benzene rings is 2. The number of terminal acetylenes is 1. The van der Waals surface area contributed by atoms with Crippen molar-refractivity contribution in [1.82, 2.24) is 0 Å². The number of hydrogen-bond acceptors (Lipinski definition) is 4. The van der Waals surface area contributed by atoms with Crippen molar-refractivity contribution in [3.05, 3.63) is 42.0 Å². The average molecular weight is 457 g/mol. The molecule has 1 unspecified atom stereocenters. The normalized spacial score (nSPS) is 16.7. The van der Waals surface area contributed by atoms with Crippen LogP contribution < -0.4 is 13.8 Å². The summed E-state index contributed by atoms with van der Waals surface area (Å²) in [7, 11) is -4.33. The fourth-order valence-electron chi connectivity index (χ4n) is 3.85. The minimum atomic E-state index is -4.33. The van der Waals surface area contributed by atoms with Crippen LogP contribution in [0.2, 0.25) is 0 Å². The van der Waals surface area contributed by atoms with Crippen molar-refractivity contribution in [3.8, 4) is 40.7 Å². The first-order valence-electron chi connectivity index (χ1n) is 11.6. The van der Waals surface area contributed by atoms with Crippen LogP contribution in [0.1, 0.15) is 76.7 Å². The molecule has 0 bridgehead atoms. The van der Waals surface area contributed by atoms with Gasteiger partial charge in [-0.2, -0.15) is 0 Å². The van der Waals surface area contributed by atoms with Crippen LogP contribution in [0.4, 0.5) is 0 Å². The number of phosphoric acid groups is 1. The summed E-state index contributed by atoms with van der Waals surface area (Å²) >= 11 is 0. The Kier molecular flexibility index (Phi) is 9.09. The highest BCUT2D eigenvalue weighted by Crippen LogP contribution is 2.54. The summed E-state index contributed by atoms with van der Waals surface area (Å²) in [6, 6.07) is 10.4. The lowest BCUT2D eigenvalue weighted by Gasteiger charge is -2.12. The minimum absolute atomic E-state index is 0.226. The number of fused-ring (bicyclic) bond motifs is 3. The third-order valence-electron chi connectivity index (χ3n) is 5.59. The smallest absolute Gasteiger partial charge is 0.493 e. The highest BCUT2D eigenvalue weighted by Gasteiger charge is 2.32. The third-order valence-corrected chi connectivity index (χ3v) is 6.44. The maximum atomic E-state index is 12.4. The second kappa shape index (κ2) is 12.0. The molecule has 1 atom stereocenters. The maximum Gasteiger partial charge on any atom is 0.584 e. The summed E-state index contributed by atoms with van der Waals surface area (Å²) in [5.74, 6) is 3.58. The fraction of sp³-hybridized carbons (Fsp3) is 0.462. The summed E-state index contributed by atoms with van der Waals surface area (Å²) in [4.78, 5) is 10.1. The quantitative estimate of drug-likeness (QED) is 0.203. The average Bonchev–Trinajstić information content (AvgIpc) is 2.88. The van der Waals surface area contributed by atoms with E-state index in [4.69, 9.17) is 20.2 Å². The van der Waals surface area contributed by atoms with E-state index in [1.54, 1.807) is 24.3 Å². The van der Waals surface area contributed by atoms with Gasteiger partial charge >= 0.3 is 7.82 Å². The summed E-state index contributed by atoms with van der Waals surface area (Å²) in [5.41, 5.74) is 1.86. The Morgan fingerprint density at radius 3 is 2.06 bits per heavy atom. The molecule has 1 aliphatic rings. The van der Waals surface area contributed by atoms with Gasteiger partial charge in [0.15, 0.2) is 0 Å². The zero-order valence-corrected chi connectivity index (χ0v) is 19.7. The molecular formula is C26H33O5P. The number of hydrogen-bond donors (Lipinski definition) is 1. The highest BCUT2D eigenvalue weighted by atomic mass is 31.2. The molecular weight excluding hydrogens is 423 g/mol. The molecule has 0 saturated heterocycles. The number of unbranched alkanes of at least 4 members (excludes halogenated alkanes) is 9. The number of rotatable bonds is 12. The summed E-state index contributed by atoms with van der Waals surface area (Å²) in [6.45, 7) is 2.85. The van der Waals surface area contributed by atoms with Crippen LogP contribution in [0.3, 0.4) is 0 Å². The first kappa shape index (κ1) is 24.2. The van der Waals surface area contributed by atoms with E-state index in [0.717, 1.165) is 12.8 Å². The molecule has 2 aromatic rings. The van der Waals surface area contributed by atoms with Gasteiger partial charge in [-0.25, -0.2) is 4.57 Å². The largest absolute Gasteiger partial charge is 0.584 e. The fourth-order valence-corrected chi connectivity index (χ4v) is 4.68. The molecule has 1 N–H and O–H groups in total. The van der Waals surface area contributed by atoms with Crippen LogP contribution in [0.25, 0.3) is 11.1 Å². The van der Waals surface area contributed by atoms with Crippen LogP contribution in [0.5, 0.6) is 17.2 Å². The molecule has 0 radical (unpaired) electrons. The van der Waals surface area contributed by atoms with Gasteiger partial charge in [-0.05, 0) is 36.8 Å². The standard InChI is InChI=1S/C26H33O5P/c1-3-5-6-7-8-9-10-11-12-13-18-29-22-15-17-24-23-16-14-21(4-2)19-25(23)30-32(27,28)31-26(24)20-22/h2,14-17,19-20H,3,5-13,18H2,1H3,(H,27,28). The molecule has 5 nitrogen and oxygen atoms in total. The van der Waals surface area contributed by atoms with E-state index >= 15 is 0 Å². The molecule has 0 aliphatic carbocycles. The van der Waals surface area contributed by atoms with Crippen LogP contribution in [0, 0.1) is 12.3 Å². The van der Waals surface area contributed by atoms with Crippen molar-refractivity contribution >= 4 is 7.82 Å². The van der Waals surface area contributed by atoms with Gasteiger partial charge in [0, 0.05) is 22.8 Å². The van der Waals surface area contributed by atoms with E-state index in [0.29, 0.717) is 29.0 Å². The van der Waals surface area contributed by atoms with E-state index in [2.05, 4.69) is 12.8 Å². The summed E-state index contributed by atoms with van der Waals surface area (Å²) in [5, 5.41) is 0.